The first-order valence-corrected chi connectivity index (χ1v) is 42.9. The highest BCUT2D eigenvalue weighted by atomic mass is 17.0. The molecule has 0 heterocycles. The largest absolute Gasteiger partial charge is 0.396 e. The summed E-state index contributed by atoms with van der Waals surface area (Å²) in [6, 6.07) is 0. The summed E-state index contributed by atoms with van der Waals surface area (Å²) in [5.41, 5.74) is -0.971. The number of hydrogen-bond donors (Lipinski definition) is 12. The van der Waals surface area contributed by atoms with E-state index in [1.165, 1.54) is 385 Å². The lowest BCUT2D eigenvalue weighted by atomic mass is 9.79. The second-order valence-corrected chi connectivity index (χ2v) is 32.8. The van der Waals surface area contributed by atoms with Crippen LogP contribution in [0.2, 0.25) is 0 Å². The monoisotopic (exact) mass is 1390 g/mol. The van der Waals surface area contributed by atoms with Crippen LogP contribution >= 0.6 is 0 Å². The van der Waals surface area contributed by atoms with E-state index >= 15 is 0 Å². The lowest BCUT2D eigenvalue weighted by Gasteiger charge is -2.30. The molecule has 97 heavy (non-hydrogen) atoms. The van der Waals surface area contributed by atoms with Crippen LogP contribution in [0.15, 0.2) is 0 Å². The Bertz CT molecular complexity index is 1170. The lowest BCUT2D eigenvalue weighted by Crippen LogP contribution is -2.29. The van der Waals surface area contributed by atoms with E-state index in [0.29, 0.717) is 0 Å². The Balaban J connectivity index is 0.00000118. The van der Waals surface area contributed by atoms with Gasteiger partial charge in [0.1, 0.15) is 0 Å². The standard InChI is InChI=1S/5C17H34O2.H2O2/c5*18-15-17(16-19)13-11-9-7-5-3-1-2-4-6-8-10-12-14-17;1-2/h5*18-19H,1-16H2;1-2H. The highest BCUT2D eigenvalue weighted by Crippen LogP contribution is 2.37. The van der Waals surface area contributed by atoms with Crippen LogP contribution in [0.5, 0.6) is 0 Å². The third kappa shape index (κ3) is 53.9. The summed E-state index contributed by atoms with van der Waals surface area (Å²) in [6.07, 6.45) is 89.3. The Labute approximate surface area is 601 Å². The minimum atomic E-state index is -0.194. The van der Waals surface area contributed by atoms with Crippen molar-refractivity contribution in [1.82, 2.24) is 0 Å². The van der Waals surface area contributed by atoms with Crippen molar-refractivity contribution < 1.29 is 61.6 Å². The predicted octanol–water partition coefficient (Wildman–Crippen LogP) is 22.2. The van der Waals surface area contributed by atoms with E-state index in [1.54, 1.807) is 0 Å². The zero-order chi connectivity index (χ0) is 71.1. The van der Waals surface area contributed by atoms with Gasteiger partial charge in [-0.3, -0.25) is 10.5 Å². The fraction of sp³-hybridized carbons (Fsp3) is 1.00. The lowest BCUT2D eigenvalue weighted by molar-refractivity contribution is -0.176. The van der Waals surface area contributed by atoms with Gasteiger partial charge in [-0.2, -0.15) is 0 Å². The minimum absolute atomic E-state index is 0.156. The fourth-order valence-corrected chi connectivity index (χ4v) is 16.3. The van der Waals surface area contributed by atoms with Crippen LogP contribution in [-0.4, -0.2) is 128 Å². The quantitative estimate of drug-likeness (QED) is 0.0722. The number of aliphatic hydroxyl groups excluding tert-OH is 10. The molecule has 0 aromatic heterocycles. The van der Waals surface area contributed by atoms with Gasteiger partial charge >= 0.3 is 0 Å². The Hall–Kier alpha value is -0.480. The maximum atomic E-state index is 9.63. The molecule has 5 fully saturated rings. The van der Waals surface area contributed by atoms with Crippen molar-refractivity contribution >= 4 is 0 Å². The fourth-order valence-electron chi connectivity index (χ4n) is 16.3. The molecule has 5 rings (SSSR count). The van der Waals surface area contributed by atoms with Gasteiger partial charge in [0.15, 0.2) is 0 Å². The Morgan fingerprint density at radius 3 is 0.206 bits per heavy atom. The van der Waals surface area contributed by atoms with Gasteiger partial charge in [0, 0.05) is 27.1 Å². The molecule has 0 unspecified atom stereocenters. The summed E-state index contributed by atoms with van der Waals surface area (Å²) in [5.74, 6) is 0. The second-order valence-electron chi connectivity index (χ2n) is 32.8. The van der Waals surface area contributed by atoms with E-state index in [0.717, 1.165) is 64.2 Å². The second kappa shape index (κ2) is 71.1. The molecule has 12 nitrogen and oxygen atoms in total. The van der Waals surface area contributed by atoms with Gasteiger partial charge < -0.3 is 51.1 Å². The molecule has 0 spiro atoms. The van der Waals surface area contributed by atoms with Gasteiger partial charge in [0.2, 0.25) is 0 Å². The van der Waals surface area contributed by atoms with Gasteiger partial charge in [-0.25, -0.2) is 0 Å². The first-order valence-electron chi connectivity index (χ1n) is 42.9. The molecule has 12 heteroatoms. The van der Waals surface area contributed by atoms with E-state index in [-0.39, 0.29) is 93.1 Å². The Morgan fingerprint density at radius 2 is 0.155 bits per heavy atom. The van der Waals surface area contributed by atoms with Crippen molar-refractivity contribution in [3.63, 3.8) is 0 Å². The van der Waals surface area contributed by atoms with Crippen LogP contribution < -0.4 is 0 Å². The van der Waals surface area contributed by atoms with Crippen molar-refractivity contribution in [2.45, 2.75) is 449 Å². The average molecular weight is 1390 g/mol. The maximum Gasteiger partial charge on any atom is 0.0509 e. The first kappa shape index (κ1) is 96.5. The van der Waals surface area contributed by atoms with Gasteiger partial charge in [0.25, 0.3) is 0 Å². The number of aliphatic hydroxyl groups is 10. The van der Waals surface area contributed by atoms with Crippen LogP contribution in [0, 0.1) is 27.1 Å². The topological polar surface area (TPSA) is 243 Å². The molecule has 0 aromatic carbocycles. The number of hydrogen-bond acceptors (Lipinski definition) is 12. The summed E-state index contributed by atoms with van der Waals surface area (Å²) in [5, 5.41) is 108. The van der Waals surface area contributed by atoms with Crippen molar-refractivity contribution in [3.05, 3.63) is 0 Å². The van der Waals surface area contributed by atoms with Crippen LogP contribution in [0.4, 0.5) is 0 Å². The molecule has 12 N–H and O–H groups in total. The SMILES string of the molecule is OCC1(CO)CCCCCCCCCCCCCC1.OCC1(CO)CCCCCCCCCCCCCC1.OCC1(CO)CCCCCCCCCCCCCC1.OCC1(CO)CCCCCCCCCCCCCC1.OCC1(CO)CCCCCCCCCCCCCC1.OO. The summed E-state index contributed by atoms with van der Waals surface area (Å²) in [4.78, 5) is 0. The molecule has 0 atom stereocenters. The summed E-state index contributed by atoms with van der Waals surface area (Å²) in [6.45, 7) is 1.56. The van der Waals surface area contributed by atoms with Crippen LogP contribution in [0.25, 0.3) is 0 Å². The summed E-state index contributed by atoms with van der Waals surface area (Å²) in [7, 11) is 0. The third-order valence-electron chi connectivity index (χ3n) is 24.2. The highest BCUT2D eigenvalue weighted by Gasteiger charge is 2.31. The van der Waals surface area contributed by atoms with Crippen LogP contribution in [-0.2, 0) is 0 Å². The molecular weight excluding hydrogens is 1210 g/mol. The molecule has 0 bridgehead atoms. The molecule has 584 valence electrons. The van der Waals surface area contributed by atoms with Gasteiger partial charge in [-0.05, 0) is 64.2 Å². The highest BCUT2D eigenvalue weighted by molar-refractivity contribution is 4.82. The van der Waals surface area contributed by atoms with E-state index in [2.05, 4.69) is 0 Å². The molecule has 0 aliphatic heterocycles. The van der Waals surface area contributed by atoms with E-state index in [1.807, 2.05) is 0 Å². The molecule has 0 amide bonds. The zero-order valence-corrected chi connectivity index (χ0v) is 64.4. The van der Waals surface area contributed by atoms with Crippen molar-refractivity contribution in [2.75, 3.05) is 66.1 Å². The Morgan fingerprint density at radius 1 is 0.103 bits per heavy atom. The first-order chi connectivity index (χ1) is 47.6. The van der Waals surface area contributed by atoms with Gasteiger partial charge in [-0.15, -0.1) is 0 Å². The maximum absolute atomic E-state index is 9.63. The molecule has 0 radical (unpaired) electrons. The molecule has 0 saturated heterocycles. The van der Waals surface area contributed by atoms with Crippen molar-refractivity contribution in [3.8, 4) is 0 Å². The van der Waals surface area contributed by atoms with Crippen molar-refractivity contribution in [2.24, 2.45) is 27.1 Å². The Kier molecular flexibility index (Phi) is 70.8. The molecular formula is C85H172O12. The molecule has 5 saturated carbocycles. The van der Waals surface area contributed by atoms with Crippen molar-refractivity contribution in [1.29, 1.82) is 0 Å². The summed E-state index contributed by atoms with van der Waals surface area (Å²) < 4.78 is 0. The molecule has 5 aliphatic carbocycles. The minimum Gasteiger partial charge on any atom is -0.396 e. The smallest absolute Gasteiger partial charge is 0.0509 e. The van der Waals surface area contributed by atoms with Crippen LogP contribution in [0.1, 0.15) is 449 Å². The molecule has 5 aliphatic rings. The third-order valence-corrected chi connectivity index (χ3v) is 24.2. The van der Waals surface area contributed by atoms with Crippen LogP contribution in [0.3, 0.4) is 0 Å². The predicted molar refractivity (Wildman–Crippen MR) is 411 cm³/mol. The van der Waals surface area contributed by atoms with E-state index < -0.39 is 0 Å². The van der Waals surface area contributed by atoms with E-state index in [9.17, 15) is 51.1 Å². The summed E-state index contributed by atoms with van der Waals surface area (Å²) >= 11 is 0. The zero-order valence-electron chi connectivity index (χ0n) is 64.4. The van der Waals surface area contributed by atoms with E-state index in [4.69, 9.17) is 10.5 Å². The number of rotatable bonds is 10. The molecule has 0 aromatic rings. The average Bonchev–Trinajstić information content (AvgIpc) is 1.80. The normalized spacial score (nSPS) is 23.9. The van der Waals surface area contributed by atoms with Gasteiger partial charge in [-0.1, -0.05) is 385 Å². The van der Waals surface area contributed by atoms with Gasteiger partial charge in [0.05, 0.1) is 66.1 Å².